The van der Waals surface area contributed by atoms with E-state index in [9.17, 15) is 9.59 Å². The molecule has 3 nitrogen and oxygen atoms in total. The number of halogens is 1. The van der Waals surface area contributed by atoms with E-state index in [2.05, 4.69) is 0 Å². The van der Waals surface area contributed by atoms with Crippen molar-refractivity contribution in [3.63, 3.8) is 0 Å². The molecule has 1 aliphatic carbocycles. The van der Waals surface area contributed by atoms with Gasteiger partial charge in [0.15, 0.2) is 0 Å². The fourth-order valence-electron chi connectivity index (χ4n) is 1.53. The Hall–Kier alpha value is -0.570. The van der Waals surface area contributed by atoms with Crippen LogP contribution in [0, 0.1) is 11.8 Å². The lowest BCUT2D eigenvalue weighted by molar-refractivity contribution is -0.144. The molecule has 11 heavy (non-hydrogen) atoms. The van der Waals surface area contributed by atoms with Gasteiger partial charge in [0.1, 0.15) is 0 Å². The Kier molecular flexibility index (Phi) is 2.49. The van der Waals surface area contributed by atoms with Gasteiger partial charge in [-0.05, 0) is 24.4 Å². The Morgan fingerprint density at radius 3 is 2.18 bits per heavy atom. The van der Waals surface area contributed by atoms with Crippen molar-refractivity contribution >= 4 is 22.8 Å². The Morgan fingerprint density at radius 2 is 1.82 bits per heavy atom. The zero-order valence-electron chi connectivity index (χ0n) is 5.92. The van der Waals surface area contributed by atoms with Crippen molar-refractivity contribution < 1.29 is 14.7 Å². The van der Waals surface area contributed by atoms with Crippen LogP contribution in [0.3, 0.4) is 0 Å². The van der Waals surface area contributed by atoms with Crippen LogP contribution in [0.4, 0.5) is 0 Å². The van der Waals surface area contributed by atoms with Crippen LogP contribution < -0.4 is 0 Å². The third kappa shape index (κ3) is 1.71. The molecule has 1 N–H and O–H groups in total. The van der Waals surface area contributed by atoms with Crippen LogP contribution in [-0.2, 0) is 9.59 Å². The molecule has 0 bridgehead atoms. The lowest BCUT2D eigenvalue weighted by atomic mass is 9.98. The molecule has 0 amide bonds. The average Bonchev–Trinajstić information content (AvgIpc) is 2.32. The van der Waals surface area contributed by atoms with Gasteiger partial charge in [-0.3, -0.25) is 9.59 Å². The highest BCUT2D eigenvalue weighted by Gasteiger charge is 2.36. The van der Waals surface area contributed by atoms with E-state index in [0.29, 0.717) is 12.8 Å². The molecule has 1 aliphatic rings. The minimum absolute atomic E-state index is 0.450. The summed E-state index contributed by atoms with van der Waals surface area (Å²) in [5, 5.41) is 8.12. The number of carbonyl (C=O) groups is 2. The number of carboxylic acid groups (broad SMARTS) is 1. The molecule has 0 heterocycles. The molecule has 0 aliphatic heterocycles. The molecular weight excluding hydrogens is 168 g/mol. The molecule has 0 aromatic heterocycles. The number of hydrogen-bond acceptors (Lipinski definition) is 2. The van der Waals surface area contributed by atoms with E-state index in [1.807, 2.05) is 0 Å². The van der Waals surface area contributed by atoms with Crippen LogP contribution in [0.2, 0.25) is 0 Å². The summed E-state index contributed by atoms with van der Waals surface area (Å²) in [5.41, 5.74) is 0. The number of rotatable bonds is 2. The SMILES string of the molecule is O=C(O)[C@H]1CCC[C@H]1C(=O)Cl. The molecule has 4 heteroatoms. The van der Waals surface area contributed by atoms with E-state index < -0.39 is 23.0 Å². The zero-order chi connectivity index (χ0) is 8.43. The molecule has 0 radical (unpaired) electrons. The van der Waals surface area contributed by atoms with Crippen LogP contribution >= 0.6 is 11.6 Å². The monoisotopic (exact) mass is 176 g/mol. The second-order valence-corrected chi connectivity index (χ2v) is 3.16. The zero-order valence-corrected chi connectivity index (χ0v) is 6.67. The van der Waals surface area contributed by atoms with Gasteiger partial charge in [0.25, 0.3) is 0 Å². The van der Waals surface area contributed by atoms with Crippen LogP contribution in [0.5, 0.6) is 0 Å². The predicted molar refractivity (Wildman–Crippen MR) is 39.3 cm³/mol. The van der Waals surface area contributed by atoms with E-state index in [1.54, 1.807) is 0 Å². The summed E-state index contributed by atoms with van der Waals surface area (Å²) < 4.78 is 0. The molecule has 2 atom stereocenters. The molecule has 0 aromatic rings. The Balaban J connectivity index is 2.65. The van der Waals surface area contributed by atoms with Gasteiger partial charge in [0.2, 0.25) is 5.24 Å². The first-order valence-corrected chi connectivity index (χ1v) is 3.93. The fourth-order valence-corrected chi connectivity index (χ4v) is 1.79. The Labute approximate surface area is 69.3 Å². The van der Waals surface area contributed by atoms with Crippen molar-refractivity contribution in [2.75, 3.05) is 0 Å². The van der Waals surface area contributed by atoms with Crippen molar-refractivity contribution in [1.29, 1.82) is 0 Å². The number of hydrogen-bond donors (Lipinski definition) is 1. The first-order chi connectivity index (χ1) is 5.13. The maximum atomic E-state index is 10.7. The summed E-state index contributed by atoms with van der Waals surface area (Å²) in [7, 11) is 0. The largest absolute Gasteiger partial charge is 0.481 e. The normalized spacial score (nSPS) is 30.3. The third-order valence-corrected chi connectivity index (χ3v) is 2.40. The van der Waals surface area contributed by atoms with E-state index in [4.69, 9.17) is 16.7 Å². The predicted octanol–water partition coefficient (Wildman–Crippen LogP) is 1.25. The van der Waals surface area contributed by atoms with Gasteiger partial charge in [-0.2, -0.15) is 0 Å². The first-order valence-electron chi connectivity index (χ1n) is 3.55. The molecule has 0 unspecified atom stereocenters. The van der Waals surface area contributed by atoms with Crippen LogP contribution in [-0.4, -0.2) is 16.3 Å². The average molecular weight is 177 g/mol. The van der Waals surface area contributed by atoms with E-state index >= 15 is 0 Å². The van der Waals surface area contributed by atoms with E-state index in [1.165, 1.54) is 0 Å². The van der Waals surface area contributed by atoms with Gasteiger partial charge in [0, 0.05) is 5.92 Å². The number of carbonyl (C=O) groups excluding carboxylic acids is 1. The van der Waals surface area contributed by atoms with Gasteiger partial charge < -0.3 is 5.11 Å². The minimum Gasteiger partial charge on any atom is -0.481 e. The van der Waals surface area contributed by atoms with Crippen molar-refractivity contribution in [3.8, 4) is 0 Å². The summed E-state index contributed by atoms with van der Waals surface area (Å²) in [6, 6.07) is 0. The molecule has 62 valence electrons. The van der Waals surface area contributed by atoms with Gasteiger partial charge in [-0.25, -0.2) is 0 Å². The summed E-state index contributed by atoms with van der Waals surface area (Å²) in [4.78, 5) is 21.2. The molecule has 0 spiro atoms. The lowest BCUT2D eigenvalue weighted by Crippen LogP contribution is -2.22. The van der Waals surface area contributed by atoms with Crippen LogP contribution in [0.25, 0.3) is 0 Å². The molecular formula is C7H9ClO3. The van der Waals surface area contributed by atoms with Crippen molar-refractivity contribution in [1.82, 2.24) is 0 Å². The fraction of sp³-hybridized carbons (Fsp3) is 0.714. The maximum absolute atomic E-state index is 10.7. The summed E-state index contributed by atoms with van der Waals surface area (Å²) in [6.45, 7) is 0. The molecule has 1 fully saturated rings. The third-order valence-electron chi connectivity index (χ3n) is 2.12. The molecule has 0 saturated heterocycles. The second kappa shape index (κ2) is 3.22. The summed E-state index contributed by atoms with van der Waals surface area (Å²) in [6.07, 6.45) is 2.00. The summed E-state index contributed by atoms with van der Waals surface area (Å²) in [5.74, 6) is -1.89. The van der Waals surface area contributed by atoms with E-state index in [0.717, 1.165) is 6.42 Å². The van der Waals surface area contributed by atoms with Gasteiger partial charge >= 0.3 is 5.97 Å². The molecule has 1 saturated carbocycles. The van der Waals surface area contributed by atoms with Gasteiger partial charge in [-0.1, -0.05) is 6.42 Å². The van der Waals surface area contributed by atoms with Crippen molar-refractivity contribution in [2.45, 2.75) is 19.3 Å². The summed E-state index contributed by atoms with van der Waals surface area (Å²) >= 11 is 5.22. The van der Waals surface area contributed by atoms with Crippen molar-refractivity contribution in [3.05, 3.63) is 0 Å². The highest BCUT2D eigenvalue weighted by Crippen LogP contribution is 2.33. The molecule has 0 aromatic carbocycles. The second-order valence-electron chi connectivity index (χ2n) is 2.79. The maximum Gasteiger partial charge on any atom is 0.307 e. The highest BCUT2D eigenvalue weighted by molar-refractivity contribution is 6.64. The van der Waals surface area contributed by atoms with Crippen LogP contribution in [0.1, 0.15) is 19.3 Å². The Morgan fingerprint density at radius 1 is 1.27 bits per heavy atom. The lowest BCUT2D eigenvalue weighted by Gasteiger charge is -2.09. The standard InChI is InChI=1S/C7H9ClO3/c8-6(9)4-2-1-3-5(4)7(10)11/h4-5H,1-3H2,(H,10,11)/t4-,5+/m1/s1. The highest BCUT2D eigenvalue weighted by atomic mass is 35.5. The van der Waals surface area contributed by atoms with Gasteiger partial charge in [0.05, 0.1) is 5.92 Å². The quantitative estimate of drug-likeness (QED) is 0.645. The Bertz CT molecular complexity index is 170. The minimum atomic E-state index is -0.901. The van der Waals surface area contributed by atoms with Crippen LogP contribution in [0.15, 0.2) is 0 Å². The first kappa shape index (κ1) is 8.53. The number of aliphatic carboxylic acids is 1. The smallest absolute Gasteiger partial charge is 0.307 e. The number of carboxylic acids is 1. The topological polar surface area (TPSA) is 54.4 Å². The van der Waals surface area contributed by atoms with Crippen molar-refractivity contribution in [2.24, 2.45) is 11.8 Å². The van der Waals surface area contributed by atoms with E-state index in [-0.39, 0.29) is 0 Å². The van der Waals surface area contributed by atoms with Gasteiger partial charge in [-0.15, -0.1) is 0 Å². The molecule has 1 rings (SSSR count).